The number of aryl methyl sites for hydroxylation is 1. The van der Waals surface area contributed by atoms with Crippen LogP contribution in [0.3, 0.4) is 0 Å². The van der Waals surface area contributed by atoms with E-state index in [9.17, 15) is 5.11 Å². The summed E-state index contributed by atoms with van der Waals surface area (Å²) in [5, 5.41) is 12.5. The molecule has 0 aliphatic carbocycles. The first-order valence-electron chi connectivity index (χ1n) is 9.27. The van der Waals surface area contributed by atoms with Gasteiger partial charge in [-0.05, 0) is 50.5 Å². The Bertz CT molecular complexity index is 731. The third kappa shape index (κ3) is 3.05. The predicted octanol–water partition coefficient (Wildman–Crippen LogP) is 3.10. The highest BCUT2D eigenvalue weighted by Gasteiger charge is 2.54. The molecule has 0 spiro atoms. The number of nitrogens with zero attached hydrogens (tertiary/aromatic N) is 1. The summed E-state index contributed by atoms with van der Waals surface area (Å²) >= 11 is 6.08. The Morgan fingerprint density at radius 2 is 1.76 bits per heavy atom. The zero-order valence-electron chi connectivity index (χ0n) is 14.7. The lowest BCUT2D eigenvalue weighted by molar-refractivity contribution is -0.914. The molecule has 2 aliphatic heterocycles. The van der Waals surface area contributed by atoms with Gasteiger partial charge in [0.25, 0.3) is 0 Å². The smallest absolute Gasteiger partial charge is 0.219 e. The van der Waals surface area contributed by atoms with E-state index < -0.39 is 5.72 Å². The van der Waals surface area contributed by atoms with Crippen LogP contribution in [-0.2, 0) is 5.72 Å². The van der Waals surface area contributed by atoms with E-state index in [0.29, 0.717) is 17.7 Å². The lowest BCUT2D eigenvalue weighted by atomic mass is 10.0. The van der Waals surface area contributed by atoms with Gasteiger partial charge < -0.3 is 10.0 Å². The largest absolute Gasteiger partial charge is 0.362 e. The number of halogens is 1. The Kier molecular flexibility index (Phi) is 4.48. The first-order valence-corrected chi connectivity index (χ1v) is 9.65. The first-order chi connectivity index (χ1) is 12.1. The predicted molar refractivity (Wildman–Crippen MR) is 102 cm³/mol. The van der Waals surface area contributed by atoms with Crippen molar-refractivity contribution in [3.63, 3.8) is 0 Å². The van der Waals surface area contributed by atoms with Gasteiger partial charge in [0, 0.05) is 22.7 Å². The maximum Gasteiger partial charge on any atom is 0.219 e. The maximum atomic E-state index is 11.8. The number of anilines is 1. The highest BCUT2D eigenvalue weighted by molar-refractivity contribution is 6.30. The third-order valence-electron chi connectivity index (χ3n) is 5.75. The molecule has 0 saturated carbocycles. The number of nitrogens with one attached hydrogen (secondary N) is 1. The van der Waals surface area contributed by atoms with Crippen LogP contribution in [0.4, 0.5) is 5.69 Å². The minimum atomic E-state index is -0.989. The summed E-state index contributed by atoms with van der Waals surface area (Å²) in [5.41, 5.74) is 2.28. The normalized spacial score (nSPS) is 29.3. The Labute approximate surface area is 154 Å². The lowest BCUT2D eigenvalue weighted by Gasteiger charge is -2.35. The van der Waals surface area contributed by atoms with Crippen molar-refractivity contribution in [3.05, 3.63) is 64.7 Å². The van der Waals surface area contributed by atoms with Gasteiger partial charge >= 0.3 is 0 Å². The van der Waals surface area contributed by atoms with Crippen LogP contribution < -0.4 is 9.80 Å². The second-order valence-electron chi connectivity index (χ2n) is 7.48. The van der Waals surface area contributed by atoms with Crippen LogP contribution in [0, 0.1) is 6.92 Å². The van der Waals surface area contributed by atoms with Crippen molar-refractivity contribution in [2.75, 3.05) is 18.0 Å². The van der Waals surface area contributed by atoms with Crippen molar-refractivity contribution >= 4 is 17.3 Å². The van der Waals surface area contributed by atoms with Crippen LogP contribution >= 0.6 is 11.6 Å². The molecule has 0 bridgehead atoms. The second kappa shape index (κ2) is 6.64. The van der Waals surface area contributed by atoms with Gasteiger partial charge in [0.05, 0.1) is 6.54 Å². The molecule has 4 heteroatoms. The highest BCUT2D eigenvalue weighted by atomic mass is 35.5. The Morgan fingerprint density at radius 1 is 1.04 bits per heavy atom. The molecule has 2 N–H and O–H groups in total. The van der Waals surface area contributed by atoms with Crippen LogP contribution in [-0.4, -0.2) is 24.4 Å². The van der Waals surface area contributed by atoms with Crippen molar-refractivity contribution in [2.45, 2.75) is 44.5 Å². The third-order valence-corrected chi connectivity index (χ3v) is 6.00. The average molecular weight is 358 g/mol. The molecule has 0 radical (unpaired) electrons. The van der Waals surface area contributed by atoms with Gasteiger partial charge in [-0.3, -0.25) is 4.90 Å². The molecule has 3 nitrogen and oxygen atoms in total. The summed E-state index contributed by atoms with van der Waals surface area (Å²) in [4.78, 5) is 3.76. The average Bonchev–Trinajstić information content (AvgIpc) is 2.74. The Hall–Kier alpha value is -1.55. The molecule has 4 rings (SSSR count). The zero-order chi connectivity index (χ0) is 17.4. The van der Waals surface area contributed by atoms with E-state index >= 15 is 0 Å². The molecule has 2 saturated heterocycles. The lowest BCUT2D eigenvalue weighted by Crippen LogP contribution is -3.14. The van der Waals surface area contributed by atoms with Crippen molar-refractivity contribution in [2.24, 2.45) is 0 Å². The molecule has 2 aliphatic rings. The van der Waals surface area contributed by atoms with Crippen LogP contribution in [0.15, 0.2) is 48.5 Å². The van der Waals surface area contributed by atoms with Gasteiger partial charge in [-0.2, -0.15) is 0 Å². The van der Waals surface area contributed by atoms with Crippen molar-refractivity contribution in [1.82, 2.24) is 0 Å². The summed E-state index contributed by atoms with van der Waals surface area (Å²) in [5.74, 6) is 0. The van der Waals surface area contributed by atoms with Crippen LogP contribution in [0.25, 0.3) is 0 Å². The molecule has 2 fully saturated rings. The molecular weight excluding hydrogens is 332 g/mol. The standard InChI is InChI=1S/C21H25ClN2O/c1-16-6-12-19(13-7-16)24-20-5-3-2-4-14-23(20)15-21(24,25)17-8-10-18(22)11-9-17/h6-13,20,25H,2-5,14-15H2,1H3/p+1/t20-,21-/m0/s1. The van der Waals surface area contributed by atoms with Gasteiger partial charge in [0.2, 0.25) is 5.72 Å². The van der Waals surface area contributed by atoms with Crippen LogP contribution in [0.1, 0.15) is 36.8 Å². The highest BCUT2D eigenvalue weighted by Crippen LogP contribution is 2.36. The quantitative estimate of drug-likeness (QED) is 0.864. The zero-order valence-corrected chi connectivity index (χ0v) is 15.5. The van der Waals surface area contributed by atoms with E-state index in [4.69, 9.17) is 11.6 Å². The molecule has 1 unspecified atom stereocenters. The monoisotopic (exact) mass is 357 g/mol. The van der Waals surface area contributed by atoms with E-state index in [2.05, 4.69) is 36.1 Å². The van der Waals surface area contributed by atoms with Crippen molar-refractivity contribution in [3.8, 4) is 0 Å². The van der Waals surface area contributed by atoms with Crippen molar-refractivity contribution in [1.29, 1.82) is 0 Å². The molecular formula is C21H26ClN2O+. The molecule has 0 amide bonds. The fourth-order valence-corrected chi connectivity index (χ4v) is 4.60. The number of hydrogen-bond acceptors (Lipinski definition) is 2. The number of rotatable bonds is 2. The fraction of sp³-hybridized carbons (Fsp3) is 0.429. The van der Waals surface area contributed by atoms with Gasteiger partial charge in [-0.15, -0.1) is 0 Å². The van der Waals surface area contributed by atoms with Gasteiger partial charge in [-0.1, -0.05) is 41.4 Å². The van der Waals surface area contributed by atoms with Gasteiger partial charge in [0.15, 0.2) is 6.17 Å². The number of hydrogen-bond donors (Lipinski definition) is 2. The molecule has 2 heterocycles. The second-order valence-corrected chi connectivity index (χ2v) is 7.92. The molecule has 2 aromatic rings. The van der Waals surface area contributed by atoms with E-state index in [-0.39, 0.29) is 0 Å². The summed E-state index contributed by atoms with van der Waals surface area (Å²) in [7, 11) is 0. The summed E-state index contributed by atoms with van der Waals surface area (Å²) in [6, 6.07) is 16.2. The SMILES string of the molecule is Cc1ccc(N2[C@H]3CCCCC[NH+]3C[C@]2(O)c2ccc(Cl)cc2)cc1. The Balaban J connectivity index is 1.80. The summed E-state index contributed by atoms with van der Waals surface area (Å²) in [6.07, 6.45) is 5.21. The van der Waals surface area contributed by atoms with Gasteiger partial charge in [0.1, 0.15) is 6.54 Å². The van der Waals surface area contributed by atoms with Crippen LogP contribution in [0.5, 0.6) is 0 Å². The van der Waals surface area contributed by atoms with E-state index in [0.717, 1.165) is 24.2 Å². The van der Waals surface area contributed by atoms with Crippen molar-refractivity contribution < 1.29 is 10.0 Å². The summed E-state index contributed by atoms with van der Waals surface area (Å²) < 4.78 is 0. The maximum absolute atomic E-state index is 11.8. The van der Waals surface area contributed by atoms with E-state index in [1.54, 1.807) is 0 Å². The summed E-state index contributed by atoms with van der Waals surface area (Å²) in [6.45, 7) is 3.94. The Morgan fingerprint density at radius 3 is 2.48 bits per heavy atom. The molecule has 2 aromatic carbocycles. The fourth-order valence-electron chi connectivity index (χ4n) is 4.47. The number of quaternary nitrogens is 1. The first kappa shape index (κ1) is 16.9. The minimum Gasteiger partial charge on any atom is -0.362 e. The molecule has 25 heavy (non-hydrogen) atoms. The van der Waals surface area contributed by atoms with E-state index in [1.807, 2.05) is 24.3 Å². The van der Waals surface area contributed by atoms with Gasteiger partial charge in [-0.25, -0.2) is 0 Å². The molecule has 3 atom stereocenters. The number of fused-ring (bicyclic) bond motifs is 1. The minimum absolute atomic E-state index is 0.325. The molecule has 132 valence electrons. The molecule has 0 aromatic heterocycles. The topological polar surface area (TPSA) is 27.9 Å². The van der Waals surface area contributed by atoms with E-state index in [1.165, 1.54) is 29.7 Å². The van der Waals surface area contributed by atoms with Crippen LogP contribution in [0.2, 0.25) is 5.02 Å². The number of aliphatic hydroxyl groups is 1. The number of benzene rings is 2.